The molecule has 0 aliphatic carbocycles. The second kappa shape index (κ2) is 5.40. The van der Waals surface area contributed by atoms with Crippen molar-refractivity contribution in [2.24, 2.45) is 0 Å². The van der Waals surface area contributed by atoms with Crippen molar-refractivity contribution in [3.05, 3.63) is 12.0 Å². The number of nitrogens with zero attached hydrogens (tertiary/aromatic N) is 2. The van der Waals surface area contributed by atoms with Crippen molar-refractivity contribution in [3.63, 3.8) is 0 Å². The van der Waals surface area contributed by atoms with Gasteiger partial charge >= 0.3 is 0 Å². The van der Waals surface area contributed by atoms with Gasteiger partial charge in [-0.1, -0.05) is 20.3 Å². The maximum atomic E-state index is 12.5. The third kappa shape index (κ3) is 2.44. The highest BCUT2D eigenvalue weighted by Crippen LogP contribution is 2.26. The Balaban J connectivity index is 2.28. The van der Waals surface area contributed by atoms with E-state index in [-0.39, 0.29) is 11.1 Å². The molecule has 6 heteroatoms. The van der Waals surface area contributed by atoms with Gasteiger partial charge in [0.25, 0.3) is 10.0 Å². The van der Waals surface area contributed by atoms with E-state index in [1.165, 1.54) is 6.20 Å². The topological polar surface area (TPSA) is 66.1 Å². The van der Waals surface area contributed by atoms with Crippen molar-refractivity contribution < 1.29 is 8.42 Å². The summed E-state index contributed by atoms with van der Waals surface area (Å²) in [6.45, 7) is 4.62. The molecule has 18 heavy (non-hydrogen) atoms. The predicted octanol–water partition coefficient (Wildman–Crippen LogP) is 1.93. The number of aromatic nitrogens is 2. The summed E-state index contributed by atoms with van der Waals surface area (Å²) in [5.41, 5.74) is 0. The SMILES string of the molecule is CCc1ncc(S(=O)(=O)N2CCCCC2CC)[nH]1. The molecule has 1 aliphatic heterocycles. The van der Waals surface area contributed by atoms with Crippen LogP contribution < -0.4 is 0 Å². The maximum Gasteiger partial charge on any atom is 0.260 e. The molecule has 0 bridgehead atoms. The summed E-state index contributed by atoms with van der Waals surface area (Å²) in [5.74, 6) is 0.721. The summed E-state index contributed by atoms with van der Waals surface area (Å²) in [6, 6.07) is 0.136. The molecule has 1 atom stereocenters. The lowest BCUT2D eigenvalue weighted by Crippen LogP contribution is -2.43. The normalized spacial score (nSPS) is 22.2. The van der Waals surface area contributed by atoms with E-state index in [2.05, 4.69) is 9.97 Å². The van der Waals surface area contributed by atoms with Gasteiger partial charge in [-0.2, -0.15) is 4.31 Å². The molecule has 1 unspecified atom stereocenters. The monoisotopic (exact) mass is 271 g/mol. The molecule has 0 radical (unpaired) electrons. The van der Waals surface area contributed by atoms with Crippen molar-refractivity contribution in [1.82, 2.24) is 14.3 Å². The first-order valence-corrected chi connectivity index (χ1v) is 8.09. The maximum absolute atomic E-state index is 12.5. The number of nitrogens with one attached hydrogen (secondary N) is 1. The first kappa shape index (κ1) is 13.5. The molecule has 0 amide bonds. The van der Waals surface area contributed by atoms with Crippen LogP contribution in [0.15, 0.2) is 11.2 Å². The fraction of sp³-hybridized carbons (Fsp3) is 0.750. The zero-order valence-corrected chi connectivity index (χ0v) is 11.8. The van der Waals surface area contributed by atoms with E-state index in [1.54, 1.807) is 4.31 Å². The van der Waals surface area contributed by atoms with Crippen LogP contribution in [0.2, 0.25) is 0 Å². The van der Waals surface area contributed by atoms with Gasteiger partial charge in [0.05, 0.1) is 6.20 Å². The second-order valence-corrected chi connectivity index (χ2v) is 6.58. The third-order valence-corrected chi connectivity index (χ3v) is 5.43. The van der Waals surface area contributed by atoms with Crippen LogP contribution in [0.3, 0.4) is 0 Å². The van der Waals surface area contributed by atoms with Gasteiger partial charge in [-0.05, 0) is 19.3 Å². The molecule has 1 N–H and O–H groups in total. The lowest BCUT2D eigenvalue weighted by molar-refractivity contribution is 0.246. The van der Waals surface area contributed by atoms with Crippen molar-refractivity contribution in [1.29, 1.82) is 0 Å². The Morgan fingerprint density at radius 3 is 2.83 bits per heavy atom. The van der Waals surface area contributed by atoms with E-state index in [4.69, 9.17) is 0 Å². The molecule has 1 fully saturated rings. The smallest absolute Gasteiger partial charge is 0.260 e. The second-order valence-electron chi connectivity index (χ2n) is 4.72. The van der Waals surface area contributed by atoms with Crippen LogP contribution in [-0.4, -0.2) is 35.3 Å². The first-order chi connectivity index (χ1) is 8.59. The fourth-order valence-corrected chi connectivity index (χ4v) is 4.18. The van der Waals surface area contributed by atoms with Gasteiger partial charge in [0.15, 0.2) is 5.03 Å². The van der Waals surface area contributed by atoms with Gasteiger partial charge in [-0.15, -0.1) is 0 Å². The molecule has 0 saturated carbocycles. The number of imidazole rings is 1. The number of rotatable bonds is 4. The molecule has 1 aliphatic rings. The number of H-pyrrole nitrogens is 1. The van der Waals surface area contributed by atoms with E-state index in [1.807, 2.05) is 13.8 Å². The number of piperidine rings is 1. The van der Waals surface area contributed by atoms with E-state index >= 15 is 0 Å². The van der Waals surface area contributed by atoms with Crippen LogP contribution in [-0.2, 0) is 16.4 Å². The zero-order valence-electron chi connectivity index (χ0n) is 11.0. The van der Waals surface area contributed by atoms with Crippen LogP contribution in [0.5, 0.6) is 0 Å². The Bertz CT molecular complexity index is 495. The Labute approximate surface area is 109 Å². The van der Waals surface area contributed by atoms with Crippen LogP contribution in [0.4, 0.5) is 0 Å². The fourth-order valence-electron chi connectivity index (χ4n) is 2.48. The molecule has 2 rings (SSSR count). The molecule has 1 saturated heterocycles. The molecule has 2 heterocycles. The van der Waals surface area contributed by atoms with Crippen LogP contribution in [0, 0.1) is 0 Å². The Morgan fingerprint density at radius 2 is 2.22 bits per heavy atom. The summed E-state index contributed by atoms with van der Waals surface area (Å²) in [4.78, 5) is 6.99. The predicted molar refractivity (Wildman–Crippen MR) is 69.8 cm³/mol. The Kier molecular flexibility index (Phi) is 4.07. The molecule has 0 spiro atoms. The number of aromatic amines is 1. The average Bonchev–Trinajstić information content (AvgIpc) is 2.88. The minimum absolute atomic E-state index is 0.136. The largest absolute Gasteiger partial charge is 0.332 e. The molecular formula is C12H21N3O2S. The Morgan fingerprint density at radius 1 is 1.44 bits per heavy atom. The molecule has 1 aromatic heterocycles. The number of aryl methyl sites for hydroxylation is 1. The minimum atomic E-state index is -3.40. The molecule has 5 nitrogen and oxygen atoms in total. The van der Waals surface area contributed by atoms with Crippen molar-refractivity contribution >= 4 is 10.0 Å². The summed E-state index contributed by atoms with van der Waals surface area (Å²) >= 11 is 0. The number of sulfonamides is 1. The highest BCUT2D eigenvalue weighted by Gasteiger charge is 2.33. The first-order valence-electron chi connectivity index (χ1n) is 6.65. The molecule has 102 valence electrons. The number of hydrogen-bond acceptors (Lipinski definition) is 3. The number of hydrogen-bond donors (Lipinski definition) is 1. The van der Waals surface area contributed by atoms with Gasteiger partial charge in [-0.25, -0.2) is 13.4 Å². The zero-order chi connectivity index (χ0) is 13.2. The van der Waals surface area contributed by atoms with Crippen LogP contribution >= 0.6 is 0 Å². The highest BCUT2D eigenvalue weighted by atomic mass is 32.2. The van der Waals surface area contributed by atoms with E-state index in [0.29, 0.717) is 13.0 Å². The van der Waals surface area contributed by atoms with Crippen molar-refractivity contribution in [3.8, 4) is 0 Å². The summed E-state index contributed by atoms with van der Waals surface area (Å²) in [6.07, 6.45) is 6.05. The third-order valence-electron chi connectivity index (χ3n) is 3.57. The summed E-state index contributed by atoms with van der Waals surface area (Å²) in [5, 5.41) is 0.236. The van der Waals surface area contributed by atoms with Crippen molar-refractivity contribution in [2.75, 3.05) is 6.54 Å². The summed E-state index contributed by atoms with van der Waals surface area (Å²) < 4.78 is 26.7. The average molecular weight is 271 g/mol. The highest BCUT2D eigenvalue weighted by molar-refractivity contribution is 7.89. The quantitative estimate of drug-likeness (QED) is 0.910. The lowest BCUT2D eigenvalue weighted by atomic mass is 10.0. The van der Waals surface area contributed by atoms with E-state index in [0.717, 1.165) is 31.5 Å². The molecular weight excluding hydrogens is 250 g/mol. The van der Waals surface area contributed by atoms with Gasteiger partial charge in [0.2, 0.25) is 0 Å². The Hall–Kier alpha value is -0.880. The minimum Gasteiger partial charge on any atom is -0.332 e. The van der Waals surface area contributed by atoms with E-state index < -0.39 is 10.0 Å². The van der Waals surface area contributed by atoms with Gasteiger partial charge in [0.1, 0.15) is 5.82 Å². The van der Waals surface area contributed by atoms with Crippen molar-refractivity contribution in [2.45, 2.75) is 57.0 Å². The summed E-state index contributed by atoms with van der Waals surface area (Å²) in [7, 11) is -3.40. The lowest BCUT2D eigenvalue weighted by Gasteiger charge is -2.33. The van der Waals surface area contributed by atoms with Crippen LogP contribution in [0.1, 0.15) is 45.4 Å². The van der Waals surface area contributed by atoms with Gasteiger partial charge in [-0.3, -0.25) is 0 Å². The van der Waals surface area contributed by atoms with E-state index in [9.17, 15) is 8.42 Å². The van der Waals surface area contributed by atoms with Gasteiger partial charge in [0, 0.05) is 19.0 Å². The van der Waals surface area contributed by atoms with Crippen LogP contribution in [0.25, 0.3) is 0 Å². The molecule has 0 aromatic carbocycles. The molecule has 1 aromatic rings. The standard InChI is InChI=1S/C12H21N3O2S/c1-3-10-7-5-6-8-15(10)18(16,17)12-9-13-11(4-2)14-12/h9-10H,3-8H2,1-2H3,(H,13,14). The van der Waals surface area contributed by atoms with Gasteiger partial charge < -0.3 is 4.98 Å².